The summed E-state index contributed by atoms with van der Waals surface area (Å²) in [4.78, 5) is 0. The van der Waals surface area contributed by atoms with E-state index in [0.717, 1.165) is 0 Å². The first kappa shape index (κ1) is 18.4. The van der Waals surface area contributed by atoms with Gasteiger partial charge >= 0.3 is 0 Å². The average Bonchev–Trinajstić information content (AvgIpc) is 2.80. The van der Waals surface area contributed by atoms with Gasteiger partial charge in [-0.2, -0.15) is 0 Å². The van der Waals surface area contributed by atoms with Crippen LogP contribution in [-0.2, 0) is 0 Å². The Kier molecular flexibility index (Phi) is 5.18. The van der Waals surface area contributed by atoms with Crippen molar-refractivity contribution in [3.8, 4) is 0 Å². The number of rotatable bonds is 4. The molecule has 0 aliphatic heterocycles. The van der Waals surface area contributed by atoms with Crippen LogP contribution in [0.15, 0.2) is 82.6 Å². The summed E-state index contributed by atoms with van der Waals surface area (Å²) in [5, 5.41) is 4.81. The van der Waals surface area contributed by atoms with Gasteiger partial charge in [-0.15, -0.1) is 0 Å². The summed E-state index contributed by atoms with van der Waals surface area (Å²) >= 11 is 0. The molecule has 0 saturated carbocycles. The molecule has 25 heavy (non-hydrogen) atoms. The molecule has 2 aromatic rings. The molecule has 0 saturated heterocycles. The van der Waals surface area contributed by atoms with E-state index in [1.807, 2.05) is 0 Å². The second-order valence-corrected chi connectivity index (χ2v) is 17.7. The van der Waals surface area contributed by atoms with Crippen molar-refractivity contribution in [1.29, 1.82) is 0 Å². The van der Waals surface area contributed by atoms with Crippen molar-refractivity contribution >= 4 is 25.8 Å². The van der Waals surface area contributed by atoms with E-state index in [0.29, 0.717) is 5.92 Å². The van der Waals surface area contributed by atoms with Crippen LogP contribution in [0.4, 0.5) is 0 Å². The first-order chi connectivity index (χ1) is 11.9. The van der Waals surface area contributed by atoms with E-state index in [1.165, 1.54) is 16.2 Å². The molecule has 0 amide bonds. The predicted molar refractivity (Wildman–Crippen MR) is 117 cm³/mol. The second-order valence-electron chi connectivity index (χ2n) is 7.63. The van der Waals surface area contributed by atoms with Gasteiger partial charge in [-0.25, -0.2) is 0 Å². The molecule has 0 spiro atoms. The first-order valence-corrected chi connectivity index (χ1v) is 14.3. The van der Waals surface area contributed by atoms with E-state index < -0.39 is 7.74 Å². The van der Waals surface area contributed by atoms with E-state index in [1.54, 1.807) is 16.3 Å². The maximum absolute atomic E-state index is 2.60. The van der Waals surface area contributed by atoms with Crippen LogP contribution in [0, 0.1) is 5.92 Å². The number of hydrogen-bond acceptors (Lipinski definition) is 0. The third kappa shape index (κ3) is 3.21. The quantitative estimate of drug-likeness (QED) is 0.450. The highest BCUT2D eigenvalue weighted by Crippen LogP contribution is 2.54. The summed E-state index contributed by atoms with van der Waals surface area (Å²) in [6, 6.07) is 22.4. The van der Waals surface area contributed by atoms with Gasteiger partial charge in [0.25, 0.3) is 0 Å². The van der Waals surface area contributed by atoms with E-state index in [9.17, 15) is 0 Å². The average molecular weight is 365 g/mol. The van der Waals surface area contributed by atoms with Crippen LogP contribution >= 0.6 is 7.47 Å². The third-order valence-electron chi connectivity index (χ3n) is 5.89. The Morgan fingerprint density at radius 2 is 1.16 bits per heavy atom. The van der Waals surface area contributed by atoms with Gasteiger partial charge in [0.15, 0.2) is 0 Å². The molecule has 1 atom stereocenters. The van der Waals surface area contributed by atoms with Crippen LogP contribution in [0.1, 0.15) is 27.7 Å². The fraction of sp³-hybridized carbons (Fsp3) is 0.304. The van der Waals surface area contributed by atoms with Crippen molar-refractivity contribution in [3.63, 3.8) is 0 Å². The molecule has 0 fully saturated rings. The molecule has 1 unspecified atom stereocenters. The molecule has 0 N–H and O–H groups in total. The maximum Gasteiger partial charge on any atom is 0.113 e. The summed E-state index contributed by atoms with van der Waals surface area (Å²) in [5.74, 6) is 0.596. The van der Waals surface area contributed by atoms with Gasteiger partial charge in [-0.05, 0) is 42.9 Å². The lowest BCUT2D eigenvalue weighted by molar-refractivity contribution is 0.851. The SMILES string of the molecule is CC1=C(C)C(C)C([Si](C)(C)P(c2ccccc2)c2ccccc2)=C1C. The lowest BCUT2D eigenvalue weighted by Crippen LogP contribution is -2.38. The van der Waals surface area contributed by atoms with Crippen LogP contribution in [0.25, 0.3) is 0 Å². The van der Waals surface area contributed by atoms with Gasteiger partial charge in [-0.3, -0.25) is 0 Å². The van der Waals surface area contributed by atoms with E-state index >= 15 is 0 Å². The monoisotopic (exact) mass is 364 g/mol. The van der Waals surface area contributed by atoms with Crippen molar-refractivity contribution in [2.24, 2.45) is 5.92 Å². The molecule has 0 bridgehead atoms. The van der Waals surface area contributed by atoms with Crippen molar-refractivity contribution < 1.29 is 0 Å². The molecule has 3 rings (SSSR count). The zero-order valence-electron chi connectivity index (χ0n) is 16.3. The molecule has 1 aliphatic rings. The Balaban J connectivity index is 2.17. The van der Waals surface area contributed by atoms with E-state index in [4.69, 9.17) is 0 Å². The zero-order valence-corrected chi connectivity index (χ0v) is 18.2. The topological polar surface area (TPSA) is 0 Å². The molecule has 2 aromatic carbocycles. The number of allylic oxidation sites excluding steroid dienone is 4. The zero-order chi connectivity index (χ0) is 18.2. The number of hydrogen-bond donors (Lipinski definition) is 0. The van der Waals surface area contributed by atoms with Crippen molar-refractivity contribution in [2.75, 3.05) is 0 Å². The van der Waals surface area contributed by atoms with Crippen LogP contribution in [0.3, 0.4) is 0 Å². The summed E-state index contributed by atoms with van der Waals surface area (Å²) < 4.78 is 0. The van der Waals surface area contributed by atoms with Gasteiger partial charge in [0, 0.05) is 0 Å². The molecule has 0 radical (unpaired) electrons. The molecule has 130 valence electrons. The highest BCUT2D eigenvalue weighted by atomic mass is 31.4. The minimum atomic E-state index is -1.69. The molecule has 0 aromatic heterocycles. The van der Waals surface area contributed by atoms with Crippen LogP contribution < -0.4 is 10.6 Å². The summed E-state index contributed by atoms with van der Waals surface area (Å²) in [5.41, 5.74) is 4.67. The van der Waals surface area contributed by atoms with Gasteiger partial charge in [-0.1, -0.05) is 104 Å². The van der Waals surface area contributed by atoms with Gasteiger partial charge < -0.3 is 0 Å². The van der Waals surface area contributed by atoms with Crippen molar-refractivity contribution in [1.82, 2.24) is 0 Å². The lowest BCUT2D eigenvalue weighted by Gasteiger charge is -2.38. The standard InChI is InChI=1S/C23H29PSi/c1-17-18(2)20(4)23(19(17)3)25(5,6)24(21-13-9-7-10-14-21)22-15-11-8-12-16-22/h7-16,19H,1-6H3. The minimum Gasteiger partial charge on any atom is -0.0656 e. The van der Waals surface area contributed by atoms with E-state index in [2.05, 4.69) is 101 Å². The fourth-order valence-corrected chi connectivity index (χ4v) is 16.1. The molecule has 0 nitrogen and oxygen atoms in total. The molecule has 0 heterocycles. The minimum absolute atomic E-state index is 0.342. The predicted octanol–water partition coefficient (Wildman–Crippen LogP) is 6.17. The van der Waals surface area contributed by atoms with Crippen molar-refractivity contribution in [2.45, 2.75) is 40.8 Å². The van der Waals surface area contributed by atoms with Gasteiger partial charge in [0.05, 0.1) is 0 Å². The lowest BCUT2D eigenvalue weighted by atomic mass is 10.1. The normalized spacial score (nSPS) is 18.4. The summed E-state index contributed by atoms with van der Waals surface area (Å²) in [7, 11) is -2.03. The fourth-order valence-electron chi connectivity index (χ4n) is 4.42. The Morgan fingerprint density at radius 1 is 0.720 bits per heavy atom. The van der Waals surface area contributed by atoms with Crippen LogP contribution in [0.2, 0.25) is 13.1 Å². The molecular weight excluding hydrogens is 335 g/mol. The van der Waals surface area contributed by atoms with Gasteiger partial charge in [0.2, 0.25) is 0 Å². The Hall–Kier alpha value is -1.43. The highest BCUT2D eigenvalue weighted by Gasteiger charge is 2.42. The van der Waals surface area contributed by atoms with Crippen LogP contribution in [-0.4, -0.2) is 7.74 Å². The molecule has 1 aliphatic carbocycles. The smallest absolute Gasteiger partial charge is 0.0656 e. The van der Waals surface area contributed by atoms with Gasteiger partial charge in [0.1, 0.15) is 7.74 Å². The Labute approximate surface area is 155 Å². The highest BCUT2D eigenvalue weighted by molar-refractivity contribution is 8.05. The summed E-state index contributed by atoms with van der Waals surface area (Å²) in [6.07, 6.45) is 0. The third-order valence-corrected chi connectivity index (χ3v) is 16.4. The first-order valence-electron chi connectivity index (χ1n) is 9.15. The van der Waals surface area contributed by atoms with Crippen LogP contribution in [0.5, 0.6) is 0 Å². The molecule has 2 heteroatoms. The molecular formula is C23H29PSi. The second kappa shape index (κ2) is 7.06. The Morgan fingerprint density at radius 3 is 1.52 bits per heavy atom. The Bertz CT molecular complexity index is 776. The van der Waals surface area contributed by atoms with E-state index in [-0.39, 0.29) is 7.47 Å². The maximum atomic E-state index is 2.60. The number of benzene rings is 2. The van der Waals surface area contributed by atoms with Crippen molar-refractivity contribution in [3.05, 3.63) is 82.6 Å². The largest absolute Gasteiger partial charge is 0.113 e. The summed E-state index contributed by atoms with van der Waals surface area (Å²) in [6.45, 7) is 14.6.